The van der Waals surface area contributed by atoms with Gasteiger partial charge in [0.05, 0.1) is 25.3 Å². The number of methoxy groups -OCH3 is 1. The maximum absolute atomic E-state index is 9.09. The Labute approximate surface area is 185 Å². The normalized spacial score (nSPS) is 15.6. The van der Waals surface area contributed by atoms with Crippen molar-refractivity contribution in [3.63, 3.8) is 0 Å². The van der Waals surface area contributed by atoms with Crippen molar-refractivity contribution in [2.24, 2.45) is 11.8 Å². The van der Waals surface area contributed by atoms with Crippen LogP contribution in [-0.4, -0.2) is 33.4 Å². The fourth-order valence-electron chi connectivity index (χ4n) is 3.57. The van der Waals surface area contributed by atoms with E-state index in [1.165, 1.54) is 6.42 Å². The topological polar surface area (TPSA) is 75.5 Å². The van der Waals surface area contributed by atoms with Crippen LogP contribution in [0.2, 0.25) is 0 Å². The lowest BCUT2D eigenvalue weighted by molar-refractivity contribution is 0.264. The molecule has 1 heterocycles. The molecule has 0 aliphatic carbocycles. The van der Waals surface area contributed by atoms with Crippen molar-refractivity contribution in [3.05, 3.63) is 53.1 Å². The number of rotatable bonds is 11. The quantitative estimate of drug-likeness (QED) is 0.571. The van der Waals surface area contributed by atoms with Crippen molar-refractivity contribution in [2.75, 3.05) is 33.4 Å². The third-order valence-corrected chi connectivity index (χ3v) is 5.26. The van der Waals surface area contributed by atoms with Gasteiger partial charge in [-0.1, -0.05) is 19.9 Å². The summed E-state index contributed by atoms with van der Waals surface area (Å²) in [6, 6.07) is 13.6. The Morgan fingerprint density at radius 1 is 1.16 bits per heavy atom. The SMILES string of the molecule is COc1cc(C#N)ccc1COc1cc(CNCC2CCNC2)cc(OCC(C)C)c1. The molecule has 0 amide bonds. The van der Waals surface area contributed by atoms with E-state index in [0.717, 1.165) is 48.8 Å². The molecule has 1 aliphatic rings. The summed E-state index contributed by atoms with van der Waals surface area (Å²) in [7, 11) is 1.60. The summed E-state index contributed by atoms with van der Waals surface area (Å²) in [5.74, 6) is 3.37. The van der Waals surface area contributed by atoms with Gasteiger partial charge in [-0.25, -0.2) is 0 Å². The summed E-state index contributed by atoms with van der Waals surface area (Å²) in [5.41, 5.74) is 2.59. The first-order chi connectivity index (χ1) is 15.1. The van der Waals surface area contributed by atoms with E-state index >= 15 is 0 Å². The average molecular weight is 424 g/mol. The second kappa shape index (κ2) is 11.6. The molecular formula is C25H33N3O3. The van der Waals surface area contributed by atoms with E-state index < -0.39 is 0 Å². The third kappa shape index (κ3) is 7.16. The maximum atomic E-state index is 9.09. The minimum Gasteiger partial charge on any atom is -0.496 e. The van der Waals surface area contributed by atoms with Crippen molar-refractivity contribution in [3.8, 4) is 23.3 Å². The zero-order valence-electron chi connectivity index (χ0n) is 18.7. The molecule has 0 bridgehead atoms. The lowest BCUT2D eigenvalue weighted by Crippen LogP contribution is -2.24. The second-order valence-corrected chi connectivity index (χ2v) is 8.43. The van der Waals surface area contributed by atoms with Gasteiger partial charge in [0.1, 0.15) is 23.9 Å². The molecule has 0 saturated carbocycles. The average Bonchev–Trinajstić information content (AvgIpc) is 3.29. The van der Waals surface area contributed by atoms with Crippen LogP contribution in [0.25, 0.3) is 0 Å². The van der Waals surface area contributed by atoms with E-state index in [-0.39, 0.29) is 0 Å². The number of nitrogens with one attached hydrogen (secondary N) is 2. The van der Waals surface area contributed by atoms with E-state index in [2.05, 4.69) is 42.7 Å². The molecule has 1 unspecified atom stereocenters. The minimum atomic E-state index is 0.350. The van der Waals surface area contributed by atoms with Crippen LogP contribution in [0.1, 0.15) is 37.0 Å². The molecule has 0 radical (unpaired) electrons. The fraction of sp³-hybridized carbons (Fsp3) is 0.480. The molecule has 1 atom stereocenters. The number of hydrogen-bond donors (Lipinski definition) is 2. The summed E-state index contributed by atoms with van der Waals surface area (Å²) < 4.78 is 17.5. The van der Waals surface area contributed by atoms with Gasteiger partial charge in [-0.2, -0.15) is 5.26 Å². The summed E-state index contributed by atoms with van der Waals surface area (Å²) in [5, 5.41) is 16.1. The van der Waals surface area contributed by atoms with Crippen molar-refractivity contribution >= 4 is 0 Å². The van der Waals surface area contributed by atoms with Crippen LogP contribution < -0.4 is 24.8 Å². The van der Waals surface area contributed by atoms with Crippen LogP contribution >= 0.6 is 0 Å². The number of nitrogens with zero attached hydrogens (tertiary/aromatic N) is 1. The summed E-state index contributed by atoms with van der Waals surface area (Å²) in [6.07, 6.45) is 1.23. The van der Waals surface area contributed by atoms with Crippen molar-refractivity contribution in [1.29, 1.82) is 5.26 Å². The van der Waals surface area contributed by atoms with Gasteiger partial charge >= 0.3 is 0 Å². The van der Waals surface area contributed by atoms with Gasteiger partial charge in [-0.3, -0.25) is 0 Å². The molecule has 31 heavy (non-hydrogen) atoms. The van der Waals surface area contributed by atoms with Gasteiger partial charge in [0.15, 0.2) is 0 Å². The Kier molecular flexibility index (Phi) is 8.57. The van der Waals surface area contributed by atoms with Crippen LogP contribution in [0.5, 0.6) is 17.2 Å². The third-order valence-electron chi connectivity index (χ3n) is 5.26. The Morgan fingerprint density at radius 2 is 1.97 bits per heavy atom. The summed E-state index contributed by atoms with van der Waals surface area (Å²) >= 11 is 0. The molecule has 6 nitrogen and oxygen atoms in total. The first kappa shape index (κ1) is 22.9. The van der Waals surface area contributed by atoms with Gasteiger partial charge in [-0.15, -0.1) is 0 Å². The van der Waals surface area contributed by atoms with Crippen molar-refractivity contribution in [1.82, 2.24) is 10.6 Å². The van der Waals surface area contributed by atoms with Crippen LogP contribution in [0.3, 0.4) is 0 Å². The maximum Gasteiger partial charge on any atom is 0.126 e. The highest BCUT2D eigenvalue weighted by Crippen LogP contribution is 2.27. The van der Waals surface area contributed by atoms with Crippen LogP contribution in [0.15, 0.2) is 36.4 Å². The highest BCUT2D eigenvalue weighted by atomic mass is 16.5. The van der Waals surface area contributed by atoms with E-state index in [1.807, 2.05) is 12.1 Å². The Morgan fingerprint density at radius 3 is 2.65 bits per heavy atom. The molecule has 0 spiro atoms. The molecule has 1 saturated heterocycles. The predicted octanol–water partition coefficient (Wildman–Crippen LogP) is 3.88. The first-order valence-corrected chi connectivity index (χ1v) is 11.0. The van der Waals surface area contributed by atoms with Gasteiger partial charge in [-0.05, 0) is 67.7 Å². The molecule has 166 valence electrons. The number of hydrogen-bond acceptors (Lipinski definition) is 6. The smallest absolute Gasteiger partial charge is 0.126 e. The first-order valence-electron chi connectivity index (χ1n) is 11.0. The van der Waals surface area contributed by atoms with E-state index in [0.29, 0.717) is 36.4 Å². The molecule has 3 rings (SSSR count). The predicted molar refractivity (Wildman–Crippen MR) is 121 cm³/mol. The van der Waals surface area contributed by atoms with Crippen molar-refractivity contribution < 1.29 is 14.2 Å². The van der Waals surface area contributed by atoms with E-state index in [9.17, 15) is 0 Å². The molecule has 2 aromatic carbocycles. The molecule has 2 aromatic rings. The van der Waals surface area contributed by atoms with Gasteiger partial charge in [0.2, 0.25) is 0 Å². The largest absolute Gasteiger partial charge is 0.496 e. The highest BCUT2D eigenvalue weighted by Gasteiger charge is 2.14. The van der Waals surface area contributed by atoms with Crippen LogP contribution in [-0.2, 0) is 13.2 Å². The van der Waals surface area contributed by atoms with E-state index in [1.54, 1.807) is 19.2 Å². The molecule has 0 aromatic heterocycles. The van der Waals surface area contributed by atoms with Crippen LogP contribution in [0.4, 0.5) is 0 Å². The molecule has 1 fully saturated rings. The minimum absolute atomic E-state index is 0.350. The number of nitriles is 1. The van der Waals surface area contributed by atoms with Gasteiger partial charge in [0.25, 0.3) is 0 Å². The van der Waals surface area contributed by atoms with Crippen molar-refractivity contribution in [2.45, 2.75) is 33.4 Å². The fourth-order valence-corrected chi connectivity index (χ4v) is 3.57. The molecular weight excluding hydrogens is 390 g/mol. The summed E-state index contributed by atoms with van der Waals surface area (Å²) in [4.78, 5) is 0. The van der Waals surface area contributed by atoms with Crippen LogP contribution in [0, 0.1) is 23.2 Å². The highest BCUT2D eigenvalue weighted by molar-refractivity contribution is 5.43. The molecule has 6 heteroatoms. The lowest BCUT2D eigenvalue weighted by Gasteiger charge is -2.15. The Bertz CT molecular complexity index is 886. The Balaban J connectivity index is 1.68. The molecule has 1 aliphatic heterocycles. The Hall–Kier alpha value is -2.75. The summed E-state index contributed by atoms with van der Waals surface area (Å²) in [6.45, 7) is 9.25. The lowest BCUT2D eigenvalue weighted by atomic mass is 10.1. The van der Waals surface area contributed by atoms with Gasteiger partial charge < -0.3 is 24.8 Å². The molecule has 2 N–H and O–H groups in total. The second-order valence-electron chi connectivity index (χ2n) is 8.43. The standard InChI is InChI=1S/C25H33N3O3/c1-18(2)16-30-23-8-21(15-28-14-20-6-7-27-13-20)9-24(11-23)31-17-22-5-4-19(12-26)10-25(22)29-3/h4-5,8-11,18,20,27-28H,6-7,13-17H2,1-3H3. The van der Waals surface area contributed by atoms with E-state index in [4.69, 9.17) is 19.5 Å². The zero-order chi connectivity index (χ0) is 22.1. The number of benzene rings is 2. The van der Waals surface area contributed by atoms with Gasteiger partial charge in [0, 0.05) is 18.2 Å². The monoisotopic (exact) mass is 423 g/mol. The number of ether oxygens (including phenoxy) is 3. The zero-order valence-corrected chi connectivity index (χ0v) is 18.7.